The Hall–Kier alpha value is -1.40. The van der Waals surface area contributed by atoms with Crippen LogP contribution in [0.15, 0.2) is 12.1 Å². The highest BCUT2D eigenvalue weighted by Gasteiger charge is 2.07. The molecule has 1 aromatic heterocycles. The summed E-state index contributed by atoms with van der Waals surface area (Å²) in [6.07, 6.45) is 0. The predicted molar refractivity (Wildman–Crippen MR) is 53.8 cm³/mol. The molecule has 0 saturated carbocycles. The number of fused-ring (bicyclic) bond motifs is 1. The Bertz CT molecular complexity index is 505. The lowest BCUT2D eigenvalue weighted by Crippen LogP contribution is -1.80. The minimum absolute atomic E-state index is 0.671. The number of nitrogens with zero attached hydrogens (tertiary/aromatic N) is 2. The summed E-state index contributed by atoms with van der Waals surface area (Å²) in [7, 11) is 0. The molecule has 0 amide bonds. The van der Waals surface area contributed by atoms with E-state index in [1.165, 1.54) is 5.56 Å². The largest absolute Gasteiger partial charge is 0.240 e. The third-order valence-electron chi connectivity index (χ3n) is 1.97. The molecule has 0 N–H and O–H groups in total. The molecule has 0 fully saturated rings. The van der Waals surface area contributed by atoms with Gasteiger partial charge in [-0.15, -0.1) is 11.3 Å². The number of nitriles is 1. The van der Waals surface area contributed by atoms with E-state index in [4.69, 9.17) is 5.26 Å². The molecule has 1 heterocycles. The van der Waals surface area contributed by atoms with Crippen molar-refractivity contribution in [3.63, 3.8) is 0 Å². The lowest BCUT2D eigenvalue weighted by molar-refractivity contribution is 1.33. The van der Waals surface area contributed by atoms with Crippen LogP contribution in [0.1, 0.15) is 16.1 Å². The molecular formula is C10H8N2S. The summed E-state index contributed by atoms with van der Waals surface area (Å²) in [5.41, 5.74) is 2.72. The van der Waals surface area contributed by atoms with E-state index in [2.05, 4.69) is 11.1 Å². The first-order valence-corrected chi connectivity index (χ1v) is 4.81. The fraction of sp³-hybridized carbons (Fsp3) is 0.200. The van der Waals surface area contributed by atoms with Gasteiger partial charge in [0, 0.05) is 0 Å². The first-order valence-electron chi connectivity index (χ1n) is 3.99. The molecule has 2 aromatic rings. The van der Waals surface area contributed by atoms with E-state index >= 15 is 0 Å². The standard InChI is InChI=1S/C10H8N2S/c1-6-3-4-8(5-11)9-10(6)13-7(2)12-9/h3-4H,1-2H3. The molecule has 0 aliphatic heterocycles. The van der Waals surface area contributed by atoms with Crippen LogP contribution in [-0.4, -0.2) is 4.98 Å². The maximum Gasteiger partial charge on any atom is 0.101 e. The normalized spacial score (nSPS) is 10.2. The molecule has 0 spiro atoms. The minimum Gasteiger partial charge on any atom is -0.240 e. The summed E-state index contributed by atoms with van der Waals surface area (Å²) < 4.78 is 1.14. The third-order valence-corrected chi connectivity index (χ3v) is 3.07. The molecule has 3 heteroatoms. The van der Waals surface area contributed by atoms with Crippen molar-refractivity contribution < 1.29 is 0 Å². The Labute approximate surface area is 80.5 Å². The first kappa shape index (κ1) is 8.21. The molecular weight excluding hydrogens is 180 g/mol. The van der Waals surface area contributed by atoms with Gasteiger partial charge in [0.15, 0.2) is 0 Å². The zero-order valence-corrected chi connectivity index (χ0v) is 8.27. The number of aryl methyl sites for hydroxylation is 2. The summed E-state index contributed by atoms with van der Waals surface area (Å²) in [5, 5.41) is 9.87. The van der Waals surface area contributed by atoms with Gasteiger partial charge in [0.05, 0.1) is 20.8 Å². The van der Waals surface area contributed by atoms with Gasteiger partial charge in [0.2, 0.25) is 0 Å². The van der Waals surface area contributed by atoms with Crippen molar-refractivity contribution in [2.75, 3.05) is 0 Å². The minimum atomic E-state index is 0.671. The van der Waals surface area contributed by atoms with Crippen LogP contribution in [0.4, 0.5) is 0 Å². The smallest absolute Gasteiger partial charge is 0.101 e. The van der Waals surface area contributed by atoms with E-state index in [0.29, 0.717) is 5.56 Å². The molecule has 0 radical (unpaired) electrons. The van der Waals surface area contributed by atoms with Gasteiger partial charge in [-0.2, -0.15) is 5.26 Å². The summed E-state index contributed by atoms with van der Waals surface area (Å²) in [5.74, 6) is 0. The van der Waals surface area contributed by atoms with Gasteiger partial charge in [-0.1, -0.05) is 6.07 Å². The quantitative estimate of drug-likeness (QED) is 0.637. The Morgan fingerprint density at radius 2 is 2.15 bits per heavy atom. The van der Waals surface area contributed by atoms with Crippen molar-refractivity contribution in [1.82, 2.24) is 4.98 Å². The molecule has 0 bridgehead atoms. The first-order chi connectivity index (χ1) is 6.22. The van der Waals surface area contributed by atoms with Crippen LogP contribution in [0.5, 0.6) is 0 Å². The van der Waals surface area contributed by atoms with Crippen LogP contribution in [0.25, 0.3) is 10.2 Å². The van der Waals surface area contributed by atoms with Crippen LogP contribution in [0, 0.1) is 25.2 Å². The monoisotopic (exact) mass is 188 g/mol. The van der Waals surface area contributed by atoms with E-state index in [1.54, 1.807) is 11.3 Å². The maximum atomic E-state index is 8.85. The van der Waals surface area contributed by atoms with E-state index in [9.17, 15) is 0 Å². The molecule has 2 nitrogen and oxygen atoms in total. The second-order valence-corrected chi connectivity index (χ2v) is 4.16. The summed E-state index contributed by atoms with van der Waals surface area (Å²) >= 11 is 1.65. The SMILES string of the molecule is Cc1nc2c(C#N)ccc(C)c2s1. The summed E-state index contributed by atoms with van der Waals surface area (Å²) in [4.78, 5) is 4.34. The highest BCUT2D eigenvalue weighted by atomic mass is 32.1. The number of thiazole rings is 1. The van der Waals surface area contributed by atoms with Crippen LogP contribution in [-0.2, 0) is 0 Å². The van der Waals surface area contributed by atoms with Gasteiger partial charge < -0.3 is 0 Å². The highest BCUT2D eigenvalue weighted by Crippen LogP contribution is 2.27. The maximum absolute atomic E-state index is 8.85. The fourth-order valence-electron chi connectivity index (χ4n) is 1.33. The average Bonchev–Trinajstić information content (AvgIpc) is 2.48. The number of aromatic nitrogens is 1. The third kappa shape index (κ3) is 1.20. The van der Waals surface area contributed by atoms with Crippen molar-refractivity contribution in [1.29, 1.82) is 5.26 Å². The van der Waals surface area contributed by atoms with Crippen molar-refractivity contribution in [3.05, 3.63) is 28.3 Å². The molecule has 2 rings (SSSR count). The van der Waals surface area contributed by atoms with Gasteiger partial charge in [0.1, 0.15) is 6.07 Å². The Morgan fingerprint density at radius 1 is 1.38 bits per heavy atom. The Kier molecular flexibility index (Phi) is 1.78. The zero-order valence-electron chi connectivity index (χ0n) is 7.46. The summed E-state index contributed by atoms with van der Waals surface area (Å²) in [6.45, 7) is 4.01. The summed E-state index contributed by atoms with van der Waals surface area (Å²) in [6, 6.07) is 5.96. The number of benzene rings is 1. The molecule has 64 valence electrons. The highest BCUT2D eigenvalue weighted by molar-refractivity contribution is 7.18. The second-order valence-electron chi connectivity index (χ2n) is 2.95. The molecule has 0 unspecified atom stereocenters. The molecule has 0 aliphatic rings. The van der Waals surface area contributed by atoms with Gasteiger partial charge in [-0.25, -0.2) is 4.98 Å². The van der Waals surface area contributed by atoms with E-state index in [0.717, 1.165) is 15.2 Å². The van der Waals surface area contributed by atoms with E-state index in [-0.39, 0.29) is 0 Å². The van der Waals surface area contributed by atoms with Crippen LogP contribution in [0.3, 0.4) is 0 Å². The molecule has 13 heavy (non-hydrogen) atoms. The van der Waals surface area contributed by atoms with Crippen molar-refractivity contribution in [2.45, 2.75) is 13.8 Å². The molecule has 0 aliphatic carbocycles. The van der Waals surface area contributed by atoms with Gasteiger partial charge in [0.25, 0.3) is 0 Å². The van der Waals surface area contributed by atoms with Crippen molar-refractivity contribution in [3.8, 4) is 6.07 Å². The lowest BCUT2D eigenvalue weighted by Gasteiger charge is -1.94. The van der Waals surface area contributed by atoms with Crippen molar-refractivity contribution in [2.24, 2.45) is 0 Å². The van der Waals surface area contributed by atoms with E-state index in [1.807, 2.05) is 26.0 Å². The second kappa shape index (κ2) is 2.82. The predicted octanol–water partition coefficient (Wildman–Crippen LogP) is 2.78. The molecule has 1 aromatic carbocycles. The number of hydrogen-bond acceptors (Lipinski definition) is 3. The average molecular weight is 188 g/mol. The number of rotatable bonds is 0. The fourth-order valence-corrected chi connectivity index (χ4v) is 2.24. The van der Waals surface area contributed by atoms with Crippen molar-refractivity contribution >= 4 is 21.6 Å². The van der Waals surface area contributed by atoms with Crippen LogP contribution < -0.4 is 0 Å². The zero-order chi connectivity index (χ0) is 9.42. The molecule has 0 atom stereocenters. The van der Waals surface area contributed by atoms with Crippen LogP contribution >= 0.6 is 11.3 Å². The van der Waals surface area contributed by atoms with Gasteiger partial charge >= 0.3 is 0 Å². The van der Waals surface area contributed by atoms with Gasteiger partial charge in [-0.05, 0) is 25.5 Å². The Balaban J connectivity index is 2.94. The van der Waals surface area contributed by atoms with Gasteiger partial charge in [-0.3, -0.25) is 0 Å². The topological polar surface area (TPSA) is 36.7 Å². The van der Waals surface area contributed by atoms with E-state index < -0.39 is 0 Å². The molecule has 0 saturated heterocycles. The lowest BCUT2D eigenvalue weighted by atomic mass is 10.1. The Morgan fingerprint density at radius 3 is 2.85 bits per heavy atom. The van der Waals surface area contributed by atoms with Crippen LogP contribution in [0.2, 0.25) is 0 Å². The number of hydrogen-bond donors (Lipinski definition) is 0.